The molecule has 0 saturated heterocycles. The van der Waals surface area contributed by atoms with Crippen LogP contribution in [0.25, 0.3) is 0 Å². The Morgan fingerprint density at radius 1 is 1.33 bits per heavy atom. The Morgan fingerprint density at radius 2 is 2.08 bits per heavy atom. The van der Waals surface area contributed by atoms with Crippen LogP contribution in [0, 0.1) is 6.92 Å². The number of rotatable bonds is 5. The molecule has 0 fully saturated rings. The first-order chi connectivity index (χ1) is 11.2. The van der Waals surface area contributed by atoms with Gasteiger partial charge in [-0.1, -0.05) is 11.2 Å². The highest BCUT2D eigenvalue weighted by Gasteiger charge is 2.16. The third-order valence-electron chi connectivity index (χ3n) is 3.00. The van der Waals surface area contributed by atoms with Gasteiger partial charge in [-0.3, -0.25) is 0 Å². The molecule has 4 N–H and O–H groups in total. The van der Waals surface area contributed by atoms with Gasteiger partial charge in [-0.2, -0.15) is 0 Å². The highest BCUT2D eigenvalue weighted by Crippen LogP contribution is 2.20. The molecule has 0 aliphatic rings. The SMILES string of the molecule is Cc1ccc(Nc2nnc(CCNC(=O)OC(C)(C)C)o2)cc1N. The van der Waals surface area contributed by atoms with Crippen LogP contribution in [0.2, 0.25) is 0 Å². The molecule has 2 rings (SSSR count). The number of nitrogens with zero attached hydrogens (tertiary/aromatic N) is 2. The molecule has 24 heavy (non-hydrogen) atoms. The van der Waals surface area contributed by atoms with Crippen LogP contribution in [-0.4, -0.2) is 28.4 Å². The van der Waals surface area contributed by atoms with Crippen LogP contribution in [0.1, 0.15) is 32.2 Å². The first kappa shape index (κ1) is 17.6. The zero-order valence-corrected chi connectivity index (χ0v) is 14.3. The second-order valence-electron chi connectivity index (χ2n) is 6.38. The van der Waals surface area contributed by atoms with Crippen molar-refractivity contribution < 1.29 is 13.9 Å². The van der Waals surface area contributed by atoms with Gasteiger partial charge >= 0.3 is 12.1 Å². The van der Waals surface area contributed by atoms with E-state index < -0.39 is 11.7 Å². The Morgan fingerprint density at radius 3 is 2.75 bits per heavy atom. The van der Waals surface area contributed by atoms with Gasteiger partial charge in [-0.05, 0) is 45.4 Å². The molecular formula is C16H23N5O3. The number of nitrogen functional groups attached to an aromatic ring is 1. The van der Waals surface area contributed by atoms with Crippen molar-refractivity contribution in [2.45, 2.75) is 39.7 Å². The van der Waals surface area contributed by atoms with E-state index in [0.29, 0.717) is 24.5 Å². The van der Waals surface area contributed by atoms with Gasteiger partial charge in [0.2, 0.25) is 5.89 Å². The topological polar surface area (TPSA) is 115 Å². The molecule has 8 nitrogen and oxygen atoms in total. The number of benzene rings is 1. The first-order valence-corrected chi connectivity index (χ1v) is 7.65. The average Bonchev–Trinajstić information content (AvgIpc) is 2.88. The van der Waals surface area contributed by atoms with E-state index in [4.69, 9.17) is 14.9 Å². The van der Waals surface area contributed by atoms with E-state index in [1.807, 2.05) is 19.1 Å². The fourth-order valence-electron chi connectivity index (χ4n) is 1.83. The van der Waals surface area contributed by atoms with Crippen LogP contribution in [0.15, 0.2) is 22.6 Å². The van der Waals surface area contributed by atoms with Crippen LogP contribution in [-0.2, 0) is 11.2 Å². The zero-order valence-electron chi connectivity index (χ0n) is 14.3. The van der Waals surface area contributed by atoms with Gasteiger partial charge < -0.3 is 25.5 Å². The molecule has 130 valence electrons. The Kier molecular flexibility index (Phi) is 5.28. The van der Waals surface area contributed by atoms with Crippen LogP contribution in [0.5, 0.6) is 0 Å². The zero-order chi connectivity index (χ0) is 17.7. The van der Waals surface area contributed by atoms with Gasteiger partial charge in [0, 0.05) is 24.3 Å². The molecule has 1 heterocycles. The number of hydrogen-bond donors (Lipinski definition) is 3. The van der Waals surface area contributed by atoms with Crippen molar-refractivity contribution >= 4 is 23.5 Å². The lowest BCUT2D eigenvalue weighted by atomic mass is 10.2. The number of carbonyl (C=O) groups is 1. The van der Waals surface area contributed by atoms with Crippen molar-refractivity contribution in [3.8, 4) is 0 Å². The number of carbonyl (C=O) groups excluding carboxylic acids is 1. The molecule has 0 radical (unpaired) electrons. The van der Waals surface area contributed by atoms with E-state index in [1.54, 1.807) is 26.8 Å². The summed E-state index contributed by atoms with van der Waals surface area (Å²) < 4.78 is 10.6. The quantitative estimate of drug-likeness (QED) is 0.720. The molecule has 0 aliphatic carbocycles. The summed E-state index contributed by atoms with van der Waals surface area (Å²) in [7, 11) is 0. The van der Waals surface area contributed by atoms with Crippen LogP contribution < -0.4 is 16.4 Å². The Bertz CT molecular complexity index is 706. The molecule has 0 aliphatic heterocycles. The second kappa shape index (κ2) is 7.20. The molecule has 8 heteroatoms. The lowest BCUT2D eigenvalue weighted by Crippen LogP contribution is -2.33. The molecule has 0 bridgehead atoms. The second-order valence-corrected chi connectivity index (χ2v) is 6.38. The van der Waals surface area contributed by atoms with Gasteiger partial charge in [0.05, 0.1) is 0 Å². The highest BCUT2D eigenvalue weighted by molar-refractivity contribution is 5.67. The van der Waals surface area contributed by atoms with Crippen LogP contribution >= 0.6 is 0 Å². The Balaban J connectivity index is 1.82. The van der Waals surface area contributed by atoms with E-state index in [0.717, 1.165) is 11.3 Å². The smallest absolute Gasteiger partial charge is 0.407 e. The van der Waals surface area contributed by atoms with Crippen LogP contribution in [0.4, 0.5) is 22.2 Å². The molecule has 0 atom stereocenters. The predicted molar refractivity (Wildman–Crippen MR) is 91.1 cm³/mol. The maximum absolute atomic E-state index is 11.5. The van der Waals surface area contributed by atoms with Gasteiger partial charge in [-0.15, -0.1) is 5.10 Å². The minimum Gasteiger partial charge on any atom is -0.444 e. The predicted octanol–water partition coefficient (Wildman–Crippen LogP) is 2.77. The number of nitrogens with one attached hydrogen (secondary N) is 2. The molecule has 0 saturated carbocycles. The third kappa shape index (κ3) is 5.45. The van der Waals surface area contributed by atoms with Crippen molar-refractivity contribution in [2.24, 2.45) is 0 Å². The molecule has 2 aromatic rings. The number of aromatic nitrogens is 2. The summed E-state index contributed by atoms with van der Waals surface area (Å²) in [5, 5.41) is 13.5. The summed E-state index contributed by atoms with van der Waals surface area (Å²) in [6, 6.07) is 5.84. The van der Waals surface area contributed by atoms with Crippen molar-refractivity contribution in [2.75, 3.05) is 17.6 Å². The van der Waals surface area contributed by atoms with Crippen molar-refractivity contribution in [3.05, 3.63) is 29.7 Å². The third-order valence-corrected chi connectivity index (χ3v) is 3.00. The average molecular weight is 333 g/mol. The number of nitrogens with two attached hydrogens (primary N) is 1. The lowest BCUT2D eigenvalue weighted by molar-refractivity contribution is 0.0528. The highest BCUT2D eigenvalue weighted by atomic mass is 16.6. The minimum atomic E-state index is -0.526. The fraction of sp³-hybridized carbons (Fsp3) is 0.438. The Labute approximate surface area is 140 Å². The minimum absolute atomic E-state index is 0.269. The number of aryl methyl sites for hydroxylation is 1. The van der Waals surface area contributed by atoms with Gasteiger partial charge in [0.15, 0.2) is 0 Å². The summed E-state index contributed by atoms with van der Waals surface area (Å²) in [5.74, 6) is 0.411. The summed E-state index contributed by atoms with van der Waals surface area (Å²) in [6.07, 6.45) is -0.0697. The van der Waals surface area contributed by atoms with Crippen LogP contribution in [0.3, 0.4) is 0 Å². The monoisotopic (exact) mass is 333 g/mol. The summed E-state index contributed by atoms with van der Waals surface area (Å²) in [5.41, 5.74) is 7.78. The number of anilines is 3. The summed E-state index contributed by atoms with van der Waals surface area (Å²) >= 11 is 0. The molecule has 0 unspecified atom stereocenters. The van der Waals surface area contributed by atoms with E-state index in [1.165, 1.54) is 0 Å². The molecular weight excluding hydrogens is 310 g/mol. The van der Waals surface area contributed by atoms with E-state index in [9.17, 15) is 4.79 Å². The van der Waals surface area contributed by atoms with E-state index in [-0.39, 0.29) is 6.01 Å². The molecule has 0 spiro atoms. The maximum Gasteiger partial charge on any atom is 0.407 e. The summed E-state index contributed by atoms with van der Waals surface area (Å²) in [6.45, 7) is 7.69. The van der Waals surface area contributed by atoms with E-state index >= 15 is 0 Å². The maximum atomic E-state index is 11.5. The van der Waals surface area contributed by atoms with Gasteiger partial charge in [-0.25, -0.2) is 4.79 Å². The first-order valence-electron chi connectivity index (χ1n) is 7.65. The standard InChI is InChI=1S/C16H23N5O3/c1-10-5-6-11(9-12(10)17)19-14-21-20-13(23-14)7-8-18-15(22)24-16(2,3)4/h5-6,9H,7-8,17H2,1-4H3,(H,18,22)(H,19,21). The molecule has 1 aromatic carbocycles. The van der Waals surface area contributed by atoms with Crippen molar-refractivity contribution in [1.29, 1.82) is 0 Å². The van der Waals surface area contributed by atoms with Gasteiger partial charge in [0.1, 0.15) is 5.60 Å². The fourth-order valence-corrected chi connectivity index (χ4v) is 1.83. The largest absolute Gasteiger partial charge is 0.444 e. The normalized spacial score (nSPS) is 11.2. The van der Waals surface area contributed by atoms with Crippen molar-refractivity contribution in [3.63, 3.8) is 0 Å². The lowest BCUT2D eigenvalue weighted by Gasteiger charge is -2.19. The Hall–Kier alpha value is -2.77. The molecule has 1 aromatic heterocycles. The molecule has 1 amide bonds. The number of alkyl carbamates (subject to hydrolysis) is 1. The van der Waals surface area contributed by atoms with Gasteiger partial charge in [0.25, 0.3) is 0 Å². The van der Waals surface area contributed by atoms with E-state index in [2.05, 4.69) is 20.8 Å². The van der Waals surface area contributed by atoms with Crippen molar-refractivity contribution in [1.82, 2.24) is 15.5 Å². The summed E-state index contributed by atoms with van der Waals surface area (Å²) in [4.78, 5) is 11.5. The number of hydrogen-bond acceptors (Lipinski definition) is 7. The number of ether oxygens (including phenoxy) is 1. The number of amides is 1.